The molecule has 2 N–H and O–H groups in total. The Balaban J connectivity index is 1.83. The van der Waals surface area contributed by atoms with Crippen LogP contribution in [-0.4, -0.2) is 24.2 Å². The van der Waals surface area contributed by atoms with Gasteiger partial charge in [0.25, 0.3) is 0 Å². The molecule has 0 unspecified atom stereocenters. The van der Waals surface area contributed by atoms with Gasteiger partial charge in [0, 0.05) is 11.4 Å². The molecule has 1 aliphatic rings. The SMILES string of the molecule is C=CCOC(=O)C1=C(C)NC(SCC(=O)Nc2ccc(Cl)c(Cl)c2)=C(C#N)[C@H]1c1ccco1. The lowest BCUT2D eigenvalue weighted by Crippen LogP contribution is -2.29. The number of nitrogens with one attached hydrogen (secondary N) is 2. The first-order chi connectivity index (χ1) is 15.8. The van der Waals surface area contributed by atoms with E-state index in [1.165, 1.54) is 12.3 Å². The maximum absolute atomic E-state index is 12.7. The minimum absolute atomic E-state index is 0.00214. The highest BCUT2D eigenvalue weighted by molar-refractivity contribution is 8.03. The van der Waals surface area contributed by atoms with Crippen molar-refractivity contribution in [3.8, 4) is 6.07 Å². The number of thioether (sulfide) groups is 1. The van der Waals surface area contributed by atoms with E-state index in [9.17, 15) is 14.9 Å². The molecule has 10 heteroatoms. The summed E-state index contributed by atoms with van der Waals surface area (Å²) in [6.45, 7) is 5.27. The number of hydrogen-bond acceptors (Lipinski definition) is 7. The Bertz CT molecular complexity index is 1180. The topological polar surface area (TPSA) is 104 Å². The van der Waals surface area contributed by atoms with Crippen molar-refractivity contribution < 1.29 is 18.7 Å². The number of anilines is 1. The third-order valence-electron chi connectivity index (χ3n) is 4.58. The molecule has 0 radical (unpaired) electrons. The largest absolute Gasteiger partial charge is 0.468 e. The fourth-order valence-corrected chi connectivity index (χ4v) is 4.35. The number of amides is 1. The molecule has 0 saturated heterocycles. The molecule has 0 spiro atoms. The zero-order chi connectivity index (χ0) is 24.0. The van der Waals surface area contributed by atoms with E-state index in [1.54, 1.807) is 37.3 Å². The predicted octanol–water partition coefficient (Wildman–Crippen LogP) is 5.38. The van der Waals surface area contributed by atoms with Crippen molar-refractivity contribution in [3.05, 3.63) is 86.9 Å². The number of allylic oxidation sites excluding steroid dienone is 2. The number of nitriles is 1. The molecule has 0 saturated carbocycles. The minimum atomic E-state index is -0.774. The lowest BCUT2D eigenvalue weighted by atomic mass is 9.86. The molecule has 0 fully saturated rings. The van der Waals surface area contributed by atoms with Crippen LogP contribution in [0.4, 0.5) is 5.69 Å². The Hall–Kier alpha value is -3.12. The van der Waals surface area contributed by atoms with Crippen LogP contribution in [0.3, 0.4) is 0 Å². The molecule has 33 heavy (non-hydrogen) atoms. The van der Waals surface area contributed by atoms with E-state index in [0.717, 1.165) is 11.8 Å². The third-order valence-corrected chi connectivity index (χ3v) is 6.33. The van der Waals surface area contributed by atoms with Crippen molar-refractivity contribution in [1.29, 1.82) is 5.26 Å². The van der Waals surface area contributed by atoms with E-state index < -0.39 is 11.9 Å². The summed E-state index contributed by atoms with van der Waals surface area (Å²) in [6.07, 6.45) is 2.92. The molecule has 0 bridgehead atoms. The summed E-state index contributed by atoms with van der Waals surface area (Å²) in [4.78, 5) is 25.2. The molecule has 2 heterocycles. The summed E-state index contributed by atoms with van der Waals surface area (Å²) in [7, 11) is 0. The molecule has 1 amide bonds. The van der Waals surface area contributed by atoms with Crippen LogP contribution in [0, 0.1) is 11.3 Å². The lowest BCUT2D eigenvalue weighted by molar-refractivity contribution is -0.138. The number of hydrogen-bond donors (Lipinski definition) is 2. The lowest BCUT2D eigenvalue weighted by Gasteiger charge is -2.27. The van der Waals surface area contributed by atoms with Crippen molar-refractivity contribution in [1.82, 2.24) is 5.32 Å². The van der Waals surface area contributed by atoms with Gasteiger partial charge in [-0.1, -0.05) is 47.6 Å². The number of rotatable bonds is 8. The van der Waals surface area contributed by atoms with Crippen molar-refractivity contribution in [2.24, 2.45) is 0 Å². The van der Waals surface area contributed by atoms with E-state index in [4.69, 9.17) is 32.4 Å². The number of ether oxygens (including phenoxy) is 1. The maximum atomic E-state index is 12.7. The molecule has 1 aromatic heterocycles. The van der Waals surface area contributed by atoms with Crippen molar-refractivity contribution in [3.63, 3.8) is 0 Å². The number of benzene rings is 1. The fraction of sp³-hybridized carbons (Fsp3) is 0.174. The molecule has 170 valence electrons. The highest BCUT2D eigenvalue weighted by Crippen LogP contribution is 2.41. The minimum Gasteiger partial charge on any atom is -0.468 e. The third kappa shape index (κ3) is 5.82. The first kappa shape index (κ1) is 24.5. The molecule has 1 aliphatic heterocycles. The quantitative estimate of drug-likeness (QED) is 0.367. The summed E-state index contributed by atoms with van der Waals surface area (Å²) in [5.74, 6) is -1.25. The number of carbonyl (C=O) groups excluding carboxylic acids is 2. The second-order valence-electron chi connectivity index (χ2n) is 6.82. The number of carbonyl (C=O) groups is 2. The fourth-order valence-electron chi connectivity index (χ4n) is 3.16. The van der Waals surface area contributed by atoms with Crippen LogP contribution in [0.15, 0.2) is 75.5 Å². The van der Waals surface area contributed by atoms with Gasteiger partial charge < -0.3 is 19.8 Å². The second kappa shape index (κ2) is 11.1. The Morgan fingerprint density at radius 1 is 1.36 bits per heavy atom. The smallest absolute Gasteiger partial charge is 0.337 e. The van der Waals surface area contributed by atoms with Crippen LogP contribution < -0.4 is 10.6 Å². The number of furan rings is 1. The molecule has 7 nitrogen and oxygen atoms in total. The van der Waals surface area contributed by atoms with Crippen LogP contribution in [0.25, 0.3) is 0 Å². The standard InChI is InChI=1S/C23H19Cl2N3O4S/c1-3-8-32-23(30)20-13(2)27-22(15(11-26)21(20)18-5-4-9-31-18)33-12-19(29)28-14-6-7-16(24)17(25)10-14/h3-7,9-10,21,27H,1,8,12H2,2H3,(H,28,29)/t21-/m0/s1. The van der Waals surface area contributed by atoms with E-state index in [-0.39, 0.29) is 29.4 Å². The average Bonchev–Trinajstić information content (AvgIpc) is 3.32. The van der Waals surface area contributed by atoms with E-state index >= 15 is 0 Å². The predicted molar refractivity (Wildman–Crippen MR) is 129 cm³/mol. The number of halogens is 2. The van der Waals surface area contributed by atoms with Crippen molar-refractivity contribution in [2.75, 3.05) is 17.7 Å². The maximum Gasteiger partial charge on any atom is 0.337 e. The van der Waals surface area contributed by atoms with E-state index in [2.05, 4.69) is 23.3 Å². The van der Waals surface area contributed by atoms with Gasteiger partial charge in [-0.3, -0.25) is 4.79 Å². The monoisotopic (exact) mass is 503 g/mol. The Morgan fingerprint density at radius 3 is 2.79 bits per heavy atom. The molecule has 0 aliphatic carbocycles. The van der Waals surface area contributed by atoms with Gasteiger partial charge in [-0.25, -0.2) is 4.79 Å². The van der Waals surface area contributed by atoms with Gasteiger partial charge in [0.15, 0.2) is 0 Å². The zero-order valence-electron chi connectivity index (χ0n) is 17.5. The van der Waals surface area contributed by atoms with Crippen molar-refractivity contribution in [2.45, 2.75) is 12.8 Å². The molecule has 3 rings (SSSR count). The molecule has 2 aromatic rings. The molecular formula is C23H19Cl2N3O4S. The number of nitrogens with zero attached hydrogens (tertiary/aromatic N) is 1. The number of dihydropyridines is 1. The summed E-state index contributed by atoms with van der Waals surface area (Å²) < 4.78 is 10.7. The molecular weight excluding hydrogens is 485 g/mol. The van der Waals surface area contributed by atoms with Crippen LogP contribution in [-0.2, 0) is 14.3 Å². The second-order valence-corrected chi connectivity index (χ2v) is 8.62. The zero-order valence-corrected chi connectivity index (χ0v) is 19.8. The van der Waals surface area contributed by atoms with Crippen LogP contribution in [0.1, 0.15) is 18.6 Å². The van der Waals surface area contributed by atoms with Gasteiger partial charge in [0.2, 0.25) is 5.91 Å². The molecule has 1 aromatic carbocycles. The number of esters is 1. The first-order valence-corrected chi connectivity index (χ1v) is 11.4. The van der Waals surface area contributed by atoms with Gasteiger partial charge in [0.1, 0.15) is 12.4 Å². The molecule has 1 atom stereocenters. The highest BCUT2D eigenvalue weighted by Gasteiger charge is 2.37. The van der Waals surface area contributed by atoms with Crippen molar-refractivity contribution >= 4 is 52.5 Å². The normalized spacial score (nSPS) is 15.5. The van der Waals surface area contributed by atoms with Crippen LogP contribution in [0.5, 0.6) is 0 Å². The summed E-state index contributed by atoms with van der Waals surface area (Å²) in [6, 6.07) is 10.3. The Morgan fingerprint density at radius 2 is 2.15 bits per heavy atom. The highest BCUT2D eigenvalue weighted by atomic mass is 35.5. The van der Waals surface area contributed by atoms with Crippen LogP contribution in [0.2, 0.25) is 10.0 Å². The van der Waals surface area contributed by atoms with Gasteiger partial charge >= 0.3 is 5.97 Å². The summed E-state index contributed by atoms with van der Waals surface area (Å²) >= 11 is 13.0. The summed E-state index contributed by atoms with van der Waals surface area (Å²) in [5, 5.41) is 16.9. The Labute approximate surface area is 205 Å². The van der Waals surface area contributed by atoms with E-state index in [0.29, 0.717) is 32.2 Å². The van der Waals surface area contributed by atoms with Gasteiger partial charge in [0.05, 0.1) is 50.2 Å². The van der Waals surface area contributed by atoms with Gasteiger partial charge in [-0.2, -0.15) is 5.26 Å². The first-order valence-electron chi connectivity index (χ1n) is 9.66. The van der Waals surface area contributed by atoms with Crippen LogP contribution >= 0.6 is 35.0 Å². The van der Waals surface area contributed by atoms with E-state index in [1.807, 2.05) is 0 Å². The Kier molecular flexibility index (Phi) is 8.28. The average molecular weight is 504 g/mol. The van der Waals surface area contributed by atoms with Gasteiger partial charge in [-0.15, -0.1) is 0 Å². The van der Waals surface area contributed by atoms with Gasteiger partial charge in [-0.05, 0) is 37.3 Å². The summed E-state index contributed by atoms with van der Waals surface area (Å²) in [5.41, 5.74) is 1.50.